The molecule has 4 rings (SSSR count). The van der Waals surface area contributed by atoms with Crippen LogP contribution in [0.4, 0.5) is 10.3 Å². The summed E-state index contributed by atoms with van der Waals surface area (Å²) in [6, 6.07) is 11.4. The number of nitrogens with one attached hydrogen (secondary N) is 1. The molecular formula is C19H13BrFN5O3. The maximum atomic E-state index is 14.0. The van der Waals surface area contributed by atoms with Crippen molar-refractivity contribution < 1.29 is 18.7 Å². The van der Waals surface area contributed by atoms with Gasteiger partial charge in [0.05, 0.1) is 12.7 Å². The maximum absolute atomic E-state index is 14.0. The summed E-state index contributed by atoms with van der Waals surface area (Å²) in [5, 5.41) is 14.1. The number of ether oxygens (including phenoxy) is 1. The van der Waals surface area contributed by atoms with Crippen molar-refractivity contribution in [2.75, 3.05) is 12.4 Å². The smallest absolute Gasteiger partial charge is 0.355 e. The monoisotopic (exact) mass is 457 g/mol. The highest BCUT2D eigenvalue weighted by Gasteiger charge is 2.38. The maximum Gasteiger partial charge on any atom is 0.355 e. The van der Waals surface area contributed by atoms with Crippen LogP contribution in [-0.4, -0.2) is 39.1 Å². The molecule has 146 valence electrons. The van der Waals surface area contributed by atoms with Crippen molar-refractivity contribution in [3.05, 3.63) is 81.2 Å². The number of carbonyl (C=O) groups is 2. The molecule has 3 aromatic rings. The van der Waals surface area contributed by atoms with E-state index in [2.05, 4.69) is 36.8 Å². The number of tetrazole rings is 1. The van der Waals surface area contributed by atoms with Crippen LogP contribution in [0.5, 0.6) is 0 Å². The van der Waals surface area contributed by atoms with Gasteiger partial charge in [0, 0.05) is 10.0 Å². The number of rotatable bonds is 4. The Bertz CT molecular complexity index is 1140. The largest absolute Gasteiger partial charge is 0.464 e. The van der Waals surface area contributed by atoms with Gasteiger partial charge in [-0.2, -0.15) is 4.68 Å². The van der Waals surface area contributed by atoms with E-state index in [1.54, 1.807) is 30.3 Å². The highest BCUT2D eigenvalue weighted by Crippen LogP contribution is 2.36. The molecule has 2 heterocycles. The average molecular weight is 458 g/mol. The predicted octanol–water partition coefficient (Wildman–Crippen LogP) is 2.90. The lowest BCUT2D eigenvalue weighted by molar-refractivity contribution is -0.136. The third kappa shape index (κ3) is 3.42. The number of Topliss-reactive ketones (excluding diaryl/α,β-unsaturated/α-hetero) is 1. The van der Waals surface area contributed by atoms with Crippen LogP contribution in [0.2, 0.25) is 0 Å². The summed E-state index contributed by atoms with van der Waals surface area (Å²) in [5.74, 6) is -1.57. The number of hydrogen-bond donors (Lipinski definition) is 1. The lowest BCUT2D eigenvalue weighted by Gasteiger charge is -2.28. The van der Waals surface area contributed by atoms with E-state index in [1.165, 1.54) is 30.0 Å². The number of aromatic nitrogens is 4. The molecule has 0 saturated carbocycles. The normalized spacial score (nSPS) is 15.5. The Morgan fingerprint density at radius 3 is 2.66 bits per heavy atom. The summed E-state index contributed by atoms with van der Waals surface area (Å²) in [6.45, 7) is 0. The summed E-state index contributed by atoms with van der Waals surface area (Å²) >= 11 is 3.33. The summed E-state index contributed by atoms with van der Waals surface area (Å²) in [4.78, 5) is 25.9. The first-order chi connectivity index (χ1) is 14.0. The van der Waals surface area contributed by atoms with Crippen molar-refractivity contribution >= 4 is 33.6 Å². The molecule has 0 spiro atoms. The molecule has 0 bridgehead atoms. The Morgan fingerprint density at radius 1 is 1.21 bits per heavy atom. The number of esters is 1. The van der Waals surface area contributed by atoms with E-state index in [1.807, 2.05) is 0 Å². The molecule has 2 aromatic carbocycles. The Morgan fingerprint density at radius 2 is 1.97 bits per heavy atom. The van der Waals surface area contributed by atoms with Crippen LogP contribution < -0.4 is 5.32 Å². The van der Waals surface area contributed by atoms with Gasteiger partial charge < -0.3 is 10.1 Å². The zero-order valence-corrected chi connectivity index (χ0v) is 16.6. The minimum Gasteiger partial charge on any atom is -0.464 e. The number of carbonyl (C=O) groups excluding carboxylic acids is 2. The van der Waals surface area contributed by atoms with Crippen molar-refractivity contribution in [1.82, 2.24) is 20.2 Å². The van der Waals surface area contributed by atoms with E-state index in [4.69, 9.17) is 4.74 Å². The fourth-order valence-electron chi connectivity index (χ4n) is 3.13. The first-order valence-corrected chi connectivity index (χ1v) is 9.22. The Hall–Kier alpha value is -3.40. The standard InChI is InChI=1S/C19H13BrFN5O3/c1-29-18(28)15-14(17(27)10-5-7-12(20)8-6-10)16(11-3-2-4-13(21)9-11)26-19(22-15)23-24-25-26/h2-9,16H,1H3,(H,22,23,25)/t16-/m0/s1. The lowest BCUT2D eigenvalue weighted by Crippen LogP contribution is -2.33. The van der Waals surface area contributed by atoms with Gasteiger partial charge in [0.15, 0.2) is 5.78 Å². The van der Waals surface area contributed by atoms with E-state index in [0.29, 0.717) is 11.1 Å². The first-order valence-electron chi connectivity index (χ1n) is 8.42. The van der Waals surface area contributed by atoms with Gasteiger partial charge in [0.2, 0.25) is 5.95 Å². The van der Waals surface area contributed by atoms with Crippen LogP contribution >= 0.6 is 15.9 Å². The fourth-order valence-corrected chi connectivity index (χ4v) is 3.39. The number of benzene rings is 2. The zero-order chi connectivity index (χ0) is 20.5. The summed E-state index contributed by atoms with van der Waals surface area (Å²) in [7, 11) is 1.20. The molecule has 0 radical (unpaired) electrons. The van der Waals surface area contributed by atoms with Gasteiger partial charge in [-0.3, -0.25) is 4.79 Å². The Balaban J connectivity index is 1.95. The minimum absolute atomic E-state index is 0.0459. The van der Waals surface area contributed by atoms with Gasteiger partial charge in [-0.25, -0.2) is 9.18 Å². The second-order valence-corrected chi connectivity index (χ2v) is 7.06. The minimum atomic E-state index is -0.929. The highest BCUT2D eigenvalue weighted by atomic mass is 79.9. The summed E-state index contributed by atoms with van der Waals surface area (Å²) in [5.41, 5.74) is 0.688. The van der Waals surface area contributed by atoms with Crippen molar-refractivity contribution in [2.24, 2.45) is 0 Å². The SMILES string of the molecule is COC(=O)C1=C(C(=O)c2ccc(Br)cc2)[C@H](c2cccc(F)c2)n2nnnc2N1. The number of anilines is 1. The van der Waals surface area contributed by atoms with Gasteiger partial charge in [0.25, 0.3) is 0 Å². The number of halogens is 2. The molecule has 0 amide bonds. The van der Waals surface area contributed by atoms with Crippen molar-refractivity contribution in [3.63, 3.8) is 0 Å². The molecule has 0 saturated heterocycles. The lowest BCUT2D eigenvalue weighted by atomic mass is 9.89. The second kappa shape index (κ2) is 7.55. The van der Waals surface area contributed by atoms with E-state index in [0.717, 1.165) is 4.47 Å². The van der Waals surface area contributed by atoms with E-state index in [-0.39, 0.29) is 17.2 Å². The van der Waals surface area contributed by atoms with Gasteiger partial charge in [0.1, 0.15) is 17.6 Å². The zero-order valence-electron chi connectivity index (χ0n) is 15.0. The van der Waals surface area contributed by atoms with Crippen LogP contribution in [0.3, 0.4) is 0 Å². The summed E-state index contributed by atoms with van der Waals surface area (Å²) < 4.78 is 20.9. The van der Waals surface area contributed by atoms with E-state index >= 15 is 0 Å². The Labute approximate surface area is 172 Å². The quantitative estimate of drug-likeness (QED) is 0.474. The number of allylic oxidation sites excluding steroid dienone is 1. The molecule has 10 heteroatoms. The molecule has 8 nitrogen and oxygen atoms in total. The van der Waals surface area contributed by atoms with Crippen LogP contribution in [0.1, 0.15) is 22.0 Å². The van der Waals surface area contributed by atoms with Crippen molar-refractivity contribution in [3.8, 4) is 0 Å². The van der Waals surface area contributed by atoms with E-state index in [9.17, 15) is 14.0 Å². The predicted molar refractivity (Wildman–Crippen MR) is 103 cm³/mol. The van der Waals surface area contributed by atoms with Crippen molar-refractivity contribution in [1.29, 1.82) is 0 Å². The fraction of sp³-hybridized carbons (Fsp3) is 0.105. The average Bonchev–Trinajstić information content (AvgIpc) is 3.20. The number of fused-ring (bicyclic) bond motifs is 1. The number of nitrogens with zero attached hydrogens (tertiary/aromatic N) is 4. The van der Waals surface area contributed by atoms with Gasteiger partial charge >= 0.3 is 5.97 Å². The summed E-state index contributed by atoms with van der Waals surface area (Å²) in [6.07, 6.45) is 0. The molecule has 1 aliphatic heterocycles. The van der Waals surface area contributed by atoms with Crippen LogP contribution in [0, 0.1) is 5.82 Å². The van der Waals surface area contributed by atoms with Crippen LogP contribution in [0.15, 0.2) is 64.3 Å². The molecule has 29 heavy (non-hydrogen) atoms. The van der Waals surface area contributed by atoms with Gasteiger partial charge in [-0.05, 0) is 52.4 Å². The third-order valence-electron chi connectivity index (χ3n) is 4.42. The molecule has 1 atom stereocenters. The van der Waals surface area contributed by atoms with E-state index < -0.39 is 23.6 Å². The molecule has 0 aliphatic carbocycles. The molecule has 0 fully saturated rings. The second-order valence-electron chi connectivity index (χ2n) is 6.15. The molecule has 0 unspecified atom stereocenters. The van der Waals surface area contributed by atoms with Crippen LogP contribution in [-0.2, 0) is 9.53 Å². The van der Waals surface area contributed by atoms with Crippen molar-refractivity contribution in [2.45, 2.75) is 6.04 Å². The van der Waals surface area contributed by atoms with Gasteiger partial charge in [-0.1, -0.05) is 33.2 Å². The number of methoxy groups -OCH3 is 1. The first kappa shape index (κ1) is 18.9. The number of hydrogen-bond acceptors (Lipinski definition) is 7. The van der Waals surface area contributed by atoms with Crippen LogP contribution in [0.25, 0.3) is 0 Å². The molecule has 1 aromatic heterocycles. The Kier molecular flexibility index (Phi) is 4.93. The van der Waals surface area contributed by atoms with Gasteiger partial charge in [-0.15, -0.1) is 0 Å². The molecule has 1 N–H and O–H groups in total. The topological polar surface area (TPSA) is 99.0 Å². The highest BCUT2D eigenvalue weighted by molar-refractivity contribution is 9.10. The third-order valence-corrected chi connectivity index (χ3v) is 4.95. The molecular weight excluding hydrogens is 445 g/mol. The number of ketones is 1. The molecule has 1 aliphatic rings.